The smallest absolute Gasteiger partial charge is 0.297 e. The van der Waals surface area contributed by atoms with Crippen molar-refractivity contribution < 1.29 is 13.6 Å². The number of fused-ring (bicyclic) bond motifs is 2. The molecule has 5 rings (SSSR count). The van der Waals surface area contributed by atoms with E-state index in [0.29, 0.717) is 21.7 Å². The number of nitrogens with zero attached hydrogens (tertiary/aromatic N) is 2. The van der Waals surface area contributed by atoms with Gasteiger partial charge in [0.15, 0.2) is 10.6 Å². The van der Waals surface area contributed by atoms with Gasteiger partial charge in [0, 0.05) is 11.6 Å². The van der Waals surface area contributed by atoms with E-state index < -0.39 is 17.8 Å². The fraction of sp³-hybridized carbons (Fsp3) is 0.136. The zero-order valence-electron chi connectivity index (χ0n) is 15.6. The number of aromatic nitrogens is 1. The number of amides is 1. The van der Waals surface area contributed by atoms with Gasteiger partial charge in [-0.3, -0.25) is 14.5 Å². The maximum absolute atomic E-state index is 13.5. The van der Waals surface area contributed by atoms with Gasteiger partial charge in [-0.2, -0.15) is 0 Å². The summed E-state index contributed by atoms with van der Waals surface area (Å²) in [6, 6.07) is 8.61. The number of hydrogen-bond acceptors (Lipinski definition) is 5. The van der Waals surface area contributed by atoms with Crippen LogP contribution in [0.5, 0.6) is 0 Å². The average molecular weight is 406 g/mol. The molecule has 5 nitrogen and oxygen atoms in total. The van der Waals surface area contributed by atoms with E-state index in [1.165, 1.54) is 28.4 Å². The molecule has 0 spiro atoms. The number of rotatable bonds is 2. The number of benzene rings is 2. The number of carbonyl (C=O) groups excluding carboxylic acids is 1. The number of thiazole rings is 1. The van der Waals surface area contributed by atoms with Crippen molar-refractivity contribution in [1.29, 1.82) is 0 Å². The molecule has 0 N–H and O–H groups in total. The summed E-state index contributed by atoms with van der Waals surface area (Å²) in [7, 11) is 0. The molecule has 1 amide bonds. The average Bonchev–Trinajstić information content (AvgIpc) is 3.31. The molecule has 144 valence electrons. The minimum absolute atomic E-state index is 0.00952. The molecule has 1 aliphatic rings. The molecular formula is C22H15FN2O3S. The topological polar surface area (TPSA) is 63.4 Å². The van der Waals surface area contributed by atoms with E-state index in [-0.39, 0.29) is 16.8 Å². The standard InChI is InChI=1S/C22H15FN2O3S/c1-11-9-15-16(10-12(11)2)28-20-17(19(15)26)18(13-3-5-14(23)6-4-13)25(21(20)27)22-24-7-8-29-22/h3-10,18H,1-2H3. The Morgan fingerprint density at radius 2 is 1.83 bits per heavy atom. The molecule has 0 radical (unpaired) electrons. The highest BCUT2D eigenvalue weighted by molar-refractivity contribution is 7.13. The predicted octanol–water partition coefficient (Wildman–Crippen LogP) is 4.76. The molecule has 2 aromatic carbocycles. The summed E-state index contributed by atoms with van der Waals surface area (Å²) in [5.74, 6) is -0.812. The molecule has 0 aliphatic carbocycles. The van der Waals surface area contributed by atoms with Crippen molar-refractivity contribution in [2.75, 3.05) is 4.90 Å². The zero-order chi connectivity index (χ0) is 20.3. The largest absolute Gasteiger partial charge is 0.450 e. The Hall–Kier alpha value is -3.32. The molecule has 0 bridgehead atoms. The summed E-state index contributed by atoms with van der Waals surface area (Å²) >= 11 is 1.29. The highest BCUT2D eigenvalue weighted by atomic mass is 32.1. The minimum atomic E-state index is -0.730. The van der Waals surface area contributed by atoms with Crippen LogP contribution in [-0.4, -0.2) is 10.9 Å². The highest BCUT2D eigenvalue weighted by Crippen LogP contribution is 2.41. The van der Waals surface area contributed by atoms with Crippen LogP contribution in [-0.2, 0) is 0 Å². The van der Waals surface area contributed by atoms with Crippen molar-refractivity contribution in [2.45, 2.75) is 19.9 Å². The molecule has 29 heavy (non-hydrogen) atoms. The summed E-state index contributed by atoms with van der Waals surface area (Å²) in [6.07, 6.45) is 1.59. The molecule has 1 unspecified atom stereocenters. The van der Waals surface area contributed by atoms with Crippen LogP contribution in [0.3, 0.4) is 0 Å². The second kappa shape index (κ2) is 6.35. The van der Waals surface area contributed by atoms with Crippen LogP contribution in [0.4, 0.5) is 9.52 Å². The minimum Gasteiger partial charge on any atom is -0.450 e. The quantitative estimate of drug-likeness (QED) is 0.482. The first-order valence-corrected chi connectivity index (χ1v) is 9.90. The Morgan fingerprint density at radius 3 is 2.52 bits per heavy atom. The molecule has 7 heteroatoms. The van der Waals surface area contributed by atoms with Gasteiger partial charge in [-0.15, -0.1) is 11.3 Å². The molecule has 2 aromatic heterocycles. The first-order valence-electron chi connectivity index (χ1n) is 9.02. The SMILES string of the molecule is Cc1cc2oc3c(c(=O)c2cc1C)C(c1ccc(F)cc1)N(c1nccs1)C3=O. The molecule has 1 aliphatic heterocycles. The first-order chi connectivity index (χ1) is 14.0. The Labute approximate surface area is 169 Å². The summed E-state index contributed by atoms with van der Waals surface area (Å²) in [5, 5.41) is 2.63. The lowest BCUT2D eigenvalue weighted by atomic mass is 9.97. The van der Waals surface area contributed by atoms with E-state index in [1.54, 1.807) is 35.8 Å². The van der Waals surface area contributed by atoms with E-state index in [0.717, 1.165) is 11.1 Å². The fourth-order valence-electron chi connectivity index (χ4n) is 3.72. The summed E-state index contributed by atoms with van der Waals surface area (Å²) in [5.41, 5.74) is 2.92. The van der Waals surface area contributed by atoms with Crippen molar-refractivity contribution in [3.05, 3.63) is 92.0 Å². The highest BCUT2D eigenvalue weighted by Gasteiger charge is 2.44. The maximum Gasteiger partial charge on any atom is 0.297 e. The van der Waals surface area contributed by atoms with E-state index in [2.05, 4.69) is 4.98 Å². The normalized spacial score (nSPS) is 15.9. The van der Waals surface area contributed by atoms with E-state index in [1.807, 2.05) is 13.8 Å². The van der Waals surface area contributed by atoms with Crippen LogP contribution < -0.4 is 10.3 Å². The van der Waals surface area contributed by atoms with Crippen molar-refractivity contribution in [2.24, 2.45) is 0 Å². The number of aryl methyl sites for hydroxylation is 2. The van der Waals surface area contributed by atoms with E-state index in [9.17, 15) is 14.0 Å². The van der Waals surface area contributed by atoms with Gasteiger partial charge < -0.3 is 4.42 Å². The van der Waals surface area contributed by atoms with Gasteiger partial charge in [0.25, 0.3) is 5.91 Å². The van der Waals surface area contributed by atoms with Crippen molar-refractivity contribution in [1.82, 2.24) is 4.98 Å². The number of carbonyl (C=O) groups is 1. The van der Waals surface area contributed by atoms with Gasteiger partial charge in [-0.25, -0.2) is 9.37 Å². The van der Waals surface area contributed by atoms with Gasteiger partial charge >= 0.3 is 0 Å². The van der Waals surface area contributed by atoms with Crippen LogP contribution >= 0.6 is 11.3 Å². The third-order valence-electron chi connectivity index (χ3n) is 5.30. The molecule has 4 aromatic rings. The van der Waals surface area contributed by atoms with Gasteiger partial charge in [-0.05, 0) is 54.8 Å². The monoisotopic (exact) mass is 406 g/mol. The van der Waals surface area contributed by atoms with Crippen LogP contribution in [0.15, 0.2) is 57.2 Å². The van der Waals surface area contributed by atoms with Crippen LogP contribution in [0, 0.1) is 19.7 Å². The Morgan fingerprint density at radius 1 is 1.10 bits per heavy atom. The van der Waals surface area contributed by atoms with Crippen molar-refractivity contribution in [3.8, 4) is 0 Å². The number of halogens is 1. The van der Waals surface area contributed by atoms with Gasteiger partial charge in [0.2, 0.25) is 5.76 Å². The number of hydrogen-bond donors (Lipinski definition) is 0. The Kier molecular flexibility index (Phi) is 3.89. The van der Waals surface area contributed by atoms with Gasteiger partial charge in [-0.1, -0.05) is 12.1 Å². The summed E-state index contributed by atoms with van der Waals surface area (Å²) in [6.45, 7) is 3.85. The predicted molar refractivity (Wildman–Crippen MR) is 109 cm³/mol. The number of anilines is 1. The lowest BCUT2D eigenvalue weighted by molar-refractivity contribution is 0.0971. The zero-order valence-corrected chi connectivity index (χ0v) is 16.4. The van der Waals surface area contributed by atoms with E-state index in [4.69, 9.17) is 4.42 Å². The third kappa shape index (κ3) is 2.61. The van der Waals surface area contributed by atoms with Crippen LogP contribution in [0.25, 0.3) is 11.0 Å². The molecule has 3 heterocycles. The second-order valence-electron chi connectivity index (χ2n) is 7.05. The molecule has 0 saturated heterocycles. The van der Waals surface area contributed by atoms with Crippen molar-refractivity contribution in [3.63, 3.8) is 0 Å². The fourth-order valence-corrected chi connectivity index (χ4v) is 4.39. The molecule has 0 fully saturated rings. The van der Waals surface area contributed by atoms with Crippen LogP contribution in [0.1, 0.15) is 38.9 Å². The van der Waals surface area contributed by atoms with Crippen molar-refractivity contribution >= 4 is 33.3 Å². The summed E-state index contributed by atoms with van der Waals surface area (Å²) in [4.78, 5) is 32.5. The van der Waals surface area contributed by atoms with Gasteiger partial charge in [0.05, 0.1) is 17.0 Å². The first kappa shape index (κ1) is 17.8. The Balaban J connectivity index is 1.84. The molecular weight excluding hydrogens is 391 g/mol. The lowest BCUT2D eigenvalue weighted by Gasteiger charge is -2.22. The van der Waals surface area contributed by atoms with Gasteiger partial charge in [0.1, 0.15) is 11.4 Å². The second-order valence-corrected chi connectivity index (χ2v) is 7.92. The van der Waals surface area contributed by atoms with Crippen LogP contribution in [0.2, 0.25) is 0 Å². The maximum atomic E-state index is 13.5. The molecule has 1 atom stereocenters. The summed E-state index contributed by atoms with van der Waals surface area (Å²) < 4.78 is 19.5. The van der Waals surface area contributed by atoms with E-state index >= 15 is 0 Å². The third-order valence-corrected chi connectivity index (χ3v) is 6.07. The lowest BCUT2D eigenvalue weighted by Crippen LogP contribution is -2.29. The molecule has 0 saturated carbocycles. The Bertz CT molecular complexity index is 1330.